The first-order chi connectivity index (χ1) is 10.5. The van der Waals surface area contributed by atoms with E-state index in [1.54, 1.807) is 6.07 Å². The van der Waals surface area contributed by atoms with Crippen molar-refractivity contribution >= 4 is 23.0 Å². The molecule has 0 fully saturated rings. The van der Waals surface area contributed by atoms with Gasteiger partial charge in [-0.15, -0.1) is 0 Å². The predicted molar refractivity (Wildman–Crippen MR) is 86.8 cm³/mol. The summed E-state index contributed by atoms with van der Waals surface area (Å²) in [7, 11) is 0. The molecule has 1 aromatic carbocycles. The van der Waals surface area contributed by atoms with E-state index < -0.39 is 11.7 Å². The number of para-hydroxylation sites is 1. The van der Waals surface area contributed by atoms with Gasteiger partial charge in [-0.1, -0.05) is 23.8 Å². The van der Waals surface area contributed by atoms with Crippen LogP contribution < -0.4 is 10.6 Å². The lowest BCUT2D eigenvalue weighted by Gasteiger charge is -2.17. The van der Waals surface area contributed by atoms with E-state index in [4.69, 9.17) is 12.2 Å². The van der Waals surface area contributed by atoms with Crippen molar-refractivity contribution in [2.45, 2.75) is 38.3 Å². The fourth-order valence-electron chi connectivity index (χ4n) is 2.47. The lowest BCUT2D eigenvalue weighted by Crippen LogP contribution is -2.30. The number of benzene rings is 1. The van der Waals surface area contributed by atoms with Crippen LogP contribution in [0.5, 0.6) is 0 Å². The Labute approximate surface area is 133 Å². The van der Waals surface area contributed by atoms with Crippen molar-refractivity contribution in [2.75, 3.05) is 11.9 Å². The third-order valence-electron chi connectivity index (χ3n) is 3.60. The van der Waals surface area contributed by atoms with Gasteiger partial charge in [0.25, 0.3) is 0 Å². The second kappa shape index (κ2) is 7.63. The molecule has 120 valence electrons. The van der Waals surface area contributed by atoms with Crippen molar-refractivity contribution in [3.63, 3.8) is 0 Å². The normalized spacial score (nSPS) is 15.1. The number of thiocarbonyl (C=S) groups is 1. The highest BCUT2D eigenvalue weighted by Crippen LogP contribution is 2.34. The van der Waals surface area contributed by atoms with E-state index in [1.165, 1.54) is 30.5 Å². The first kappa shape index (κ1) is 16.8. The minimum absolute atomic E-state index is 0.0237. The SMILES string of the molecule is FC(F)(F)c1ccccc1NC(=S)NCCC1=CCCCC1. The lowest BCUT2D eigenvalue weighted by atomic mass is 9.97. The largest absolute Gasteiger partial charge is 0.418 e. The van der Waals surface area contributed by atoms with E-state index in [-0.39, 0.29) is 10.8 Å². The van der Waals surface area contributed by atoms with Gasteiger partial charge >= 0.3 is 6.18 Å². The average molecular weight is 328 g/mol. The fourth-order valence-corrected chi connectivity index (χ4v) is 2.69. The summed E-state index contributed by atoms with van der Waals surface area (Å²) >= 11 is 5.08. The Bertz CT molecular complexity index is 553. The van der Waals surface area contributed by atoms with Crippen molar-refractivity contribution in [1.29, 1.82) is 0 Å². The molecule has 0 amide bonds. The van der Waals surface area contributed by atoms with Gasteiger partial charge in [0.15, 0.2) is 5.11 Å². The first-order valence-corrected chi connectivity index (χ1v) is 7.76. The molecule has 2 nitrogen and oxygen atoms in total. The third kappa shape index (κ3) is 5.02. The Morgan fingerprint density at radius 1 is 1.18 bits per heavy atom. The quantitative estimate of drug-likeness (QED) is 0.608. The van der Waals surface area contributed by atoms with Gasteiger partial charge in [-0.25, -0.2) is 0 Å². The summed E-state index contributed by atoms with van der Waals surface area (Å²) in [5.74, 6) is 0. The van der Waals surface area contributed by atoms with Gasteiger partial charge in [-0.2, -0.15) is 13.2 Å². The Morgan fingerprint density at radius 3 is 2.64 bits per heavy atom. The molecular weight excluding hydrogens is 309 g/mol. The molecule has 1 aromatic rings. The number of rotatable bonds is 4. The Balaban J connectivity index is 1.86. The summed E-state index contributed by atoms with van der Waals surface area (Å²) in [4.78, 5) is 0. The van der Waals surface area contributed by atoms with Crippen LogP contribution >= 0.6 is 12.2 Å². The van der Waals surface area contributed by atoms with Gasteiger partial charge in [0.2, 0.25) is 0 Å². The highest BCUT2D eigenvalue weighted by molar-refractivity contribution is 7.80. The number of alkyl halides is 3. The maximum atomic E-state index is 12.9. The van der Waals surface area contributed by atoms with Crippen LogP contribution in [0.15, 0.2) is 35.9 Å². The van der Waals surface area contributed by atoms with Gasteiger partial charge in [-0.3, -0.25) is 0 Å². The van der Waals surface area contributed by atoms with Crippen LogP contribution in [0, 0.1) is 0 Å². The van der Waals surface area contributed by atoms with Gasteiger partial charge in [0.1, 0.15) is 0 Å². The molecule has 2 rings (SSSR count). The molecule has 0 aromatic heterocycles. The minimum Gasteiger partial charge on any atom is -0.362 e. The minimum atomic E-state index is -4.40. The first-order valence-electron chi connectivity index (χ1n) is 7.36. The molecule has 1 aliphatic rings. The Kier molecular flexibility index (Phi) is 5.83. The van der Waals surface area contributed by atoms with E-state index in [2.05, 4.69) is 16.7 Å². The average Bonchev–Trinajstić information content (AvgIpc) is 2.48. The maximum Gasteiger partial charge on any atom is 0.418 e. The van der Waals surface area contributed by atoms with Crippen molar-refractivity contribution < 1.29 is 13.2 Å². The van der Waals surface area contributed by atoms with E-state index >= 15 is 0 Å². The van der Waals surface area contributed by atoms with Crippen LogP contribution in [-0.2, 0) is 6.18 Å². The third-order valence-corrected chi connectivity index (χ3v) is 3.84. The van der Waals surface area contributed by atoms with Crippen LogP contribution in [0.2, 0.25) is 0 Å². The van der Waals surface area contributed by atoms with Crippen molar-refractivity contribution in [3.05, 3.63) is 41.5 Å². The Morgan fingerprint density at radius 2 is 1.95 bits per heavy atom. The van der Waals surface area contributed by atoms with E-state index in [0.29, 0.717) is 6.54 Å². The van der Waals surface area contributed by atoms with Gasteiger partial charge in [0, 0.05) is 6.54 Å². The number of hydrogen-bond donors (Lipinski definition) is 2. The molecular formula is C16H19F3N2S. The molecule has 1 aliphatic carbocycles. The van der Waals surface area contributed by atoms with Crippen LogP contribution in [0.4, 0.5) is 18.9 Å². The molecule has 0 atom stereocenters. The van der Waals surface area contributed by atoms with E-state index in [1.807, 2.05) is 0 Å². The monoisotopic (exact) mass is 328 g/mol. The summed E-state index contributed by atoms with van der Waals surface area (Å²) in [6, 6.07) is 5.32. The molecule has 0 aliphatic heterocycles. The van der Waals surface area contributed by atoms with Gasteiger partial charge in [0.05, 0.1) is 11.3 Å². The summed E-state index contributed by atoms with van der Waals surface area (Å²) < 4.78 is 38.6. The smallest absolute Gasteiger partial charge is 0.362 e. The van der Waals surface area contributed by atoms with Gasteiger partial charge < -0.3 is 10.6 Å². The molecule has 0 unspecified atom stereocenters. The number of hydrogen-bond acceptors (Lipinski definition) is 1. The van der Waals surface area contributed by atoms with E-state index in [9.17, 15) is 13.2 Å². The molecule has 0 saturated carbocycles. The lowest BCUT2D eigenvalue weighted by molar-refractivity contribution is -0.136. The standard InChI is InChI=1S/C16H19F3N2S/c17-16(18,19)13-8-4-5-9-14(13)21-15(22)20-11-10-12-6-2-1-3-7-12/h4-6,8-9H,1-3,7,10-11H2,(H2,20,21,22). The zero-order chi connectivity index (χ0) is 16.0. The van der Waals surface area contributed by atoms with Crippen LogP contribution in [0.1, 0.15) is 37.7 Å². The van der Waals surface area contributed by atoms with Gasteiger partial charge in [-0.05, 0) is 56.5 Å². The highest BCUT2D eigenvalue weighted by Gasteiger charge is 2.33. The number of allylic oxidation sites excluding steroid dienone is 1. The van der Waals surface area contributed by atoms with E-state index in [0.717, 1.165) is 25.3 Å². The molecule has 0 spiro atoms. The van der Waals surface area contributed by atoms with Crippen LogP contribution in [0.3, 0.4) is 0 Å². The Hall–Kier alpha value is -1.56. The molecule has 0 radical (unpaired) electrons. The molecule has 6 heteroatoms. The molecule has 22 heavy (non-hydrogen) atoms. The summed E-state index contributed by atoms with van der Waals surface area (Å²) in [5, 5.41) is 5.82. The highest BCUT2D eigenvalue weighted by atomic mass is 32.1. The molecule has 0 bridgehead atoms. The number of nitrogens with one attached hydrogen (secondary N) is 2. The topological polar surface area (TPSA) is 24.1 Å². The number of anilines is 1. The van der Waals surface area contributed by atoms with Crippen molar-refractivity contribution in [2.24, 2.45) is 0 Å². The zero-order valence-corrected chi connectivity index (χ0v) is 13.0. The number of halogens is 3. The zero-order valence-electron chi connectivity index (χ0n) is 12.2. The summed E-state index contributed by atoms with van der Waals surface area (Å²) in [6.07, 6.45) is 3.42. The fraction of sp³-hybridized carbons (Fsp3) is 0.438. The summed E-state index contributed by atoms with van der Waals surface area (Å²) in [5.41, 5.74) is 0.663. The summed E-state index contributed by atoms with van der Waals surface area (Å²) in [6.45, 7) is 0.631. The molecule has 2 N–H and O–H groups in total. The van der Waals surface area contributed by atoms with Crippen LogP contribution in [-0.4, -0.2) is 11.7 Å². The predicted octanol–water partition coefficient (Wildman–Crippen LogP) is 4.88. The molecule has 0 heterocycles. The van der Waals surface area contributed by atoms with Crippen molar-refractivity contribution in [3.8, 4) is 0 Å². The van der Waals surface area contributed by atoms with Crippen LogP contribution in [0.25, 0.3) is 0 Å². The second-order valence-electron chi connectivity index (χ2n) is 5.28. The van der Waals surface area contributed by atoms with Crippen molar-refractivity contribution in [1.82, 2.24) is 5.32 Å². The maximum absolute atomic E-state index is 12.9. The second-order valence-corrected chi connectivity index (χ2v) is 5.69. The molecule has 0 saturated heterocycles.